The van der Waals surface area contributed by atoms with E-state index < -0.39 is 10.0 Å². The second-order valence-corrected chi connectivity index (χ2v) is 7.42. The molecule has 0 unspecified atom stereocenters. The van der Waals surface area contributed by atoms with Crippen LogP contribution in [0.3, 0.4) is 0 Å². The number of nitrogens with two attached hydrogens (primary N) is 1. The van der Waals surface area contributed by atoms with Gasteiger partial charge >= 0.3 is 0 Å². The van der Waals surface area contributed by atoms with Crippen LogP contribution in [-0.2, 0) is 22.3 Å². The lowest BCUT2D eigenvalue weighted by Crippen LogP contribution is -2.15. The van der Waals surface area contributed by atoms with Crippen LogP contribution >= 0.6 is 15.9 Å². The number of halogens is 1. The molecule has 0 aromatic heterocycles. The number of aryl methyl sites for hydroxylation is 1. The number of hydrogen-bond acceptors (Lipinski definition) is 3. The number of benzene rings is 2. The summed E-state index contributed by atoms with van der Waals surface area (Å²) in [5, 5.41) is 0. The lowest BCUT2D eigenvalue weighted by Gasteiger charge is -2.09. The van der Waals surface area contributed by atoms with Crippen LogP contribution in [0.25, 0.3) is 0 Å². The molecule has 112 valence electrons. The van der Waals surface area contributed by atoms with Crippen LogP contribution < -0.4 is 10.5 Å². The second-order valence-electron chi connectivity index (χ2n) is 4.85. The Morgan fingerprint density at radius 1 is 1.10 bits per heavy atom. The van der Waals surface area contributed by atoms with E-state index in [0.717, 1.165) is 21.2 Å². The Balaban J connectivity index is 2.12. The van der Waals surface area contributed by atoms with Crippen molar-refractivity contribution in [2.45, 2.75) is 19.2 Å². The summed E-state index contributed by atoms with van der Waals surface area (Å²) < 4.78 is 27.8. The van der Waals surface area contributed by atoms with Crippen LogP contribution in [-0.4, -0.2) is 8.42 Å². The van der Waals surface area contributed by atoms with Gasteiger partial charge in [0.25, 0.3) is 0 Å². The molecular formula is C15H17BrN2O2S. The maximum absolute atomic E-state index is 12.2. The molecule has 0 heterocycles. The third kappa shape index (κ3) is 4.56. The highest BCUT2D eigenvalue weighted by Gasteiger charge is 2.12. The first-order chi connectivity index (χ1) is 9.89. The molecular weight excluding hydrogens is 352 g/mol. The molecule has 6 heteroatoms. The molecule has 0 saturated heterocycles. The monoisotopic (exact) mass is 368 g/mol. The first-order valence-electron chi connectivity index (χ1n) is 6.44. The van der Waals surface area contributed by atoms with Crippen molar-refractivity contribution in [3.8, 4) is 0 Å². The first kappa shape index (κ1) is 16.0. The fourth-order valence-electron chi connectivity index (χ4n) is 1.86. The standard InChI is InChI=1S/C15H17BrN2O2S/c1-11-2-7-14(8-15(11)16)18-21(19,20)10-13-5-3-12(9-17)4-6-13/h2-8,18H,9-10,17H2,1H3. The molecule has 0 saturated carbocycles. The van der Waals surface area contributed by atoms with Crippen molar-refractivity contribution in [2.24, 2.45) is 5.73 Å². The summed E-state index contributed by atoms with van der Waals surface area (Å²) in [5.74, 6) is -0.0661. The Morgan fingerprint density at radius 3 is 2.29 bits per heavy atom. The molecule has 21 heavy (non-hydrogen) atoms. The molecule has 0 spiro atoms. The SMILES string of the molecule is Cc1ccc(NS(=O)(=O)Cc2ccc(CN)cc2)cc1Br. The molecule has 2 rings (SSSR count). The van der Waals surface area contributed by atoms with Crippen LogP contribution in [0.5, 0.6) is 0 Å². The number of rotatable bonds is 5. The van der Waals surface area contributed by atoms with Gasteiger partial charge in [-0.25, -0.2) is 8.42 Å². The topological polar surface area (TPSA) is 72.2 Å². The minimum atomic E-state index is -3.44. The van der Waals surface area contributed by atoms with E-state index in [9.17, 15) is 8.42 Å². The number of hydrogen-bond donors (Lipinski definition) is 2. The average Bonchev–Trinajstić information content (AvgIpc) is 2.43. The highest BCUT2D eigenvalue weighted by molar-refractivity contribution is 9.10. The molecule has 3 N–H and O–H groups in total. The van der Waals surface area contributed by atoms with Gasteiger partial charge in [0.15, 0.2) is 0 Å². The van der Waals surface area contributed by atoms with Gasteiger partial charge in [-0.1, -0.05) is 46.3 Å². The first-order valence-corrected chi connectivity index (χ1v) is 8.89. The van der Waals surface area contributed by atoms with Gasteiger partial charge in [-0.05, 0) is 35.7 Å². The average molecular weight is 369 g/mol. The van der Waals surface area contributed by atoms with Crippen LogP contribution in [0.15, 0.2) is 46.9 Å². The fraction of sp³-hybridized carbons (Fsp3) is 0.200. The zero-order valence-electron chi connectivity index (χ0n) is 11.6. The van der Waals surface area contributed by atoms with E-state index in [1.165, 1.54) is 0 Å². The Bertz CT molecular complexity index is 728. The van der Waals surface area contributed by atoms with E-state index in [0.29, 0.717) is 12.2 Å². The van der Waals surface area contributed by atoms with E-state index in [1.807, 2.05) is 25.1 Å². The maximum atomic E-state index is 12.2. The quantitative estimate of drug-likeness (QED) is 0.851. The zero-order valence-corrected chi connectivity index (χ0v) is 14.0. The summed E-state index contributed by atoms with van der Waals surface area (Å²) >= 11 is 3.39. The summed E-state index contributed by atoms with van der Waals surface area (Å²) in [6, 6.07) is 12.6. The van der Waals surface area contributed by atoms with Crippen LogP contribution in [0.4, 0.5) is 5.69 Å². The van der Waals surface area contributed by atoms with Gasteiger partial charge in [0, 0.05) is 16.7 Å². The van der Waals surface area contributed by atoms with E-state index in [2.05, 4.69) is 20.7 Å². The largest absolute Gasteiger partial charge is 0.326 e. The van der Waals surface area contributed by atoms with Crippen molar-refractivity contribution >= 4 is 31.6 Å². The second kappa shape index (κ2) is 6.60. The molecule has 4 nitrogen and oxygen atoms in total. The molecule has 0 radical (unpaired) electrons. The minimum Gasteiger partial charge on any atom is -0.326 e. The van der Waals surface area contributed by atoms with Crippen molar-refractivity contribution in [1.29, 1.82) is 0 Å². The zero-order chi connectivity index (χ0) is 15.5. The van der Waals surface area contributed by atoms with Crippen LogP contribution in [0.1, 0.15) is 16.7 Å². The molecule has 0 amide bonds. The summed E-state index contributed by atoms with van der Waals surface area (Å²) in [5.41, 5.74) is 8.83. The Hall–Kier alpha value is -1.37. The molecule has 0 bridgehead atoms. The predicted molar refractivity (Wildman–Crippen MR) is 89.5 cm³/mol. The van der Waals surface area contributed by atoms with Crippen molar-refractivity contribution in [3.05, 3.63) is 63.6 Å². The summed E-state index contributed by atoms with van der Waals surface area (Å²) in [6.07, 6.45) is 0. The normalized spacial score (nSPS) is 11.4. The van der Waals surface area contributed by atoms with E-state index >= 15 is 0 Å². The lowest BCUT2D eigenvalue weighted by atomic mass is 10.1. The smallest absolute Gasteiger partial charge is 0.236 e. The molecule has 2 aromatic rings. The molecule has 0 aliphatic rings. The molecule has 0 aliphatic carbocycles. The molecule has 2 aromatic carbocycles. The number of anilines is 1. The number of sulfonamides is 1. The third-order valence-electron chi connectivity index (χ3n) is 3.06. The van der Waals surface area contributed by atoms with Gasteiger partial charge in [-0.15, -0.1) is 0 Å². The van der Waals surface area contributed by atoms with Gasteiger partial charge in [-0.3, -0.25) is 4.72 Å². The van der Waals surface area contributed by atoms with Crippen molar-refractivity contribution < 1.29 is 8.42 Å². The molecule has 0 atom stereocenters. The van der Waals surface area contributed by atoms with E-state index in [1.54, 1.807) is 24.3 Å². The predicted octanol–water partition coefficient (Wildman–Crippen LogP) is 3.16. The summed E-state index contributed by atoms with van der Waals surface area (Å²) in [6.45, 7) is 2.39. The highest BCUT2D eigenvalue weighted by Crippen LogP contribution is 2.22. The Morgan fingerprint density at radius 2 is 1.71 bits per heavy atom. The van der Waals surface area contributed by atoms with Crippen molar-refractivity contribution in [1.82, 2.24) is 0 Å². The highest BCUT2D eigenvalue weighted by atomic mass is 79.9. The molecule has 0 aliphatic heterocycles. The molecule has 0 fully saturated rings. The van der Waals surface area contributed by atoms with Crippen molar-refractivity contribution in [2.75, 3.05) is 4.72 Å². The summed E-state index contributed by atoms with van der Waals surface area (Å²) in [4.78, 5) is 0. The minimum absolute atomic E-state index is 0.0661. The maximum Gasteiger partial charge on any atom is 0.236 e. The third-order valence-corrected chi connectivity index (χ3v) is 5.17. The Kier molecular flexibility index (Phi) is 5.03. The van der Waals surface area contributed by atoms with Crippen LogP contribution in [0, 0.1) is 6.92 Å². The fourth-order valence-corrected chi connectivity index (χ4v) is 3.43. The Labute approximate surface area is 133 Å². The van der Waals surface area contributed by atoms with Gasteiger partial charge in [0.1, 0.15) is 0 Å². The van der Waals surface area contributed by atoms with Gasteiger partial charge in [-0.2, -0.15) is 0 Å². The van der Waals surface area contributed by atoms with Crippen molar-refractivity contribution in [3.63, 3.8) is 0 Å². The van der Waals surface area contributed by atoms with E-state index in [-0.39, 0.29) is 5.75 Å². The van der Waals surface area contributed by atoms with Crippen LogP contribution in [0.2, 0.25) is 0 Å². The van der Waals surface area contributed by atoms with Gasteiger partial charge in [0.2, 0.25) is 10.0 Å². The van der Waals surface area contributed by atoms with Gasteiger partial charge < -0.3 is 5.73 Å². The summed E-state index contributed by atoms with van der Waals surface area (Å²) in [7, 11) is -3.44. The van der Waals surface area contributed by atoms with E-state index in [4.69, 9.17) is 5.73 Å². The number of nitrogens with one attached hydrogen (secondary N) is 1. The van der Waals surface area contributed by atoms with Gasteiger partial charge in [0.05, 0.1) is 5.75 Å². The lowest BCUT2D eigenvalue weighted by molar-refractivity contribution is 0.600.